The number of ether oxygens (including phenoxy) is 1. The quantitative estimate of drug-likeness (QED) is 0.593. The molecule has 0 saturated heterocycles. The lowest BCUT2D eigenvalue weighted by atomic mass is 10.1. The number of nitrogens with two attached hydrogens (primary N) is 2. The summed E-state index contributed by atoms with van der Waals surface area (Å²) < 4.78 is 4.93. The molecule has 7 heteroatoms. The SMILES string of the molecule is CCOC(=O)c1ccsc1NC(=O)c1ccc(N)cc1N. The third-order valence-electron chi connectivity index (χ3n) is 2.71. The molecule has 0 aliphatic carbocycles. The number of thiophene rings is 1. The highest BCUT2D eigenvalue weighted by Gasteiger charge is 2.17. The van der Waals surface area contributed by atoms with Crippen molar-refractivity contribution in [3.05, 3.63) is 40.8 Å². The average Bonchev–Trinajstić information content (AvgIpc) is 2.87. The Morgan fingerprint density at radius 2 is 2.00 bits per heavy atom. The van der Waals surface area contributed by atoms with Crippen LogP contribution in [0.3, 0.4) is 0 Å². The lowest BCUT2D eigenvalue weighted by molar-refractivity contribution is 0.0528. The van der Waals surface area contributed by atoms with Crippen molar-refractivity contribution in [3.8, 4) is 0 Å². The zero-order chi connectivity index (χ0) is 15.4. The number of carbonyl (C=O) groups excluding carboxylic acids is 2. The van der Waals surface area contributed by atoms with Gasteiger partial charge in [0.2, 0.25) is 0 Å². The number of carbonyl (C=O) groups is 2. The molecule has 1 amide bonds. The Labute approximate surface area is 125 Å². The van der Waals surface area contributed by atoms with Gasteiger partial charge in [0.1, 0.15) is 5.00 Å². The van der Waals surface area contributed by atoms with E-state index in [4.69, 9.17) is 16.2 Å². The van der Waals surface area contributed by atoms with Gasteiger partial charge >= 0.3 is 5.97 Å². The summed E-state index contributed by atoms with van der Waals surface area (Å²) in [5.41, 5.74) is 12.7. The molecular formula is C14H15N3O3S. The molecule has 0 spiro atoms. The monoisotopic (exact) mass is 305 g/mol. The standard InChI is InChI=1S/C14H15N3O3S/c1-2-20-14(19)10-5-6-21-13(10)17-12(18)9-4-3-8(15)7-11(9)16/h3-7H,2,15-16H2,1H3,(H,17,18). The summed E-state index contributed by atoms with van der Waals surface area (Å²) in [6, 6.07) is 6.24. The van der Waals surface area contributed by atoms with Gasteiger partial charge in [-0.15, -0.1) is 11.3 Å². The van der Waals surface area contributed by atoms with E-state index in [1.54, 1.807) is 24.4 Å². The molecule has 0 unspecified atom stereocenters. The summed E-state index contributed by atoms with van der Waals surface area (Å²) in [6.45, 7) is 1.99. The van der Waals surface area contributed by atoms with Crippen LogP contribution in [0.4, 0.5) is 16.4 Å². The molecule has 2 aromatic rings. The number of anilines is 3. The lowest BCUT2D eigenvalue weighted by Crippen LogP contribution is -2.16. The number of rotatable bonds is 4. The Morgan fingerprint density at radius 1 is 1.24 bits per heavy atom. The molecule has 1 aromatic carbocycles. The van der Waals surface area contributed by atoms with Gasteiger partial charge < -0.3 is 21.5 Å². The second kappa shape index (κ2) is 6.27. The Hall–Kier alpha value is -2.54. The molecular weight excluding hydrogens is 290 g/mol. The molecule has 110 valence electrons. The molecule has 1 aromatic heterocycles. The largest absolute Gasteiger partial charge is 0.462 e. The molecule has 6 nitrogen and oxygen atoms in total. The van der Waals surface area contributed by atoms with Gasteiger partial charge in [-0.1, -0.05) is 0 Å². The van der Waals surface area contributed by atoms with E-state index in [1.165, 1.54) is 23.5 Å². The number of benzene rings is 1. The molecule has 21 heavy (non-hydrogen) atoms. The fourth-order valence-corrected chi connectivity index (χ4v) is 2.50. The fraction of sp³-hybridized carbons (Fsp3) is 0.143. The number of amides is 1. The van der Waals surface area contributed by atoms with Crippen molar-refractivity contribution in [2.75, 3.05) is 23.4 Å². The summed E-state index contributed by atoms with van der Waals surface area (Å²) in [5.74, 6) is -0.875. The lowest BCUT2D eigenvalue weighted by Gasteiger charge is -2.08. The second-order valence-corrected chi connectivity index (χ2v) is 5.10. The van der Waals surface area contributed by atoms with Gasteiger partial charge in [-0.05, 0) is 36.6 Å². The van der Waals surface area contributed by atoms with Gasteiger partial charge in [-0.3, -0.25) is 4.79 Å². The van der Waals surface area contributed by atoms with Crippen molar-refractivity contribution in [1.82, 2.24) is 0 Å². The summed E-state index contributed by atoms with van der Waals surface area (Å²) in [4.78, 5) is 23.9. The van der Waals surface area contributed by atoms with Gasteiger partial charge in [-0.25, -0.2) is 4.79 Å². The van der Waals surface area contributed by atoms with Gasteiger partial charge in [-0.2, -0.15) is 0 Å². The highest BCUT2D eigenvalue weighted by Crippen LogP contribution is 2.26. The average molecular weight is 305 g/mol. The summed E-state index contributed by atoms with van der Waals surface area (Å²) in [5, 5.41) is 4.79. The maximum absolute atomic E-state index is 12.2. The van der Waals surface area contributed by atoms with Crippen LogP contribution >= 0.6 is 11.3 Å². The predicted molar refractivity (Wildman–Crippen MR) is 83.5 cm³/mol. The Balaban J connectivity index is 2.20. The third kappa shape index (κ3) is 3.32. The molecule has 0 bridgehead atoms. The first-order chi connectivity index (χ1) is 10.0. The Morgan fingerprint density at radius 3 is 2.67 bits per heavy atom. The zero-order valence-electron chi connectivity index (χ0n) is 11.4. The normalized spacial score (nSPS) is 10.1. The minimum atomic E-state index is -0.473. The van der Waals surface area contributed by atoms with Gasteiger partial charge in [0.05, 0.1) is 17.7 Å². The van der Waals surface area contributed by atoms with E-state index in [9.17, 15) is 9.59 Å². The molecule has 2 rings (SSSR count). The van der Waals surface area contributed by atoms with E-state index < -0.39 is 11.9 Å². The Kier molecular flexibility index (Phi) is 4.44. The maximum Gasteiger partial charge on any atom is 0.341 e. The first kappa shape index (κ1) is 14.9. The predicted octanol–water partition coefficient (Wildman–Crippen LogP) is 2.34. The van der Waals surface area contributed by atoms with Crippen LogP contribution in [-0.2, 0) is 4.74 Å². The highest BCUT2D eigenvalue weighted by atomic mass is 32.1. The molecule has 1 heterocycles. The maximum atomic E-state index is 12.2. The van der Waals surface area contributed by atoms with E-state index in [0.717, 1.165) is 0 Å². The van der Waals surface area contributed by atoms with Crippen molar-refractivity contribution in [2.24, 2.45) is 0 Å². The summed E-state index contributed by atoms with van der Waals surface area (Å²) in [7, 11) is 0. The van der Waals surface area contributed by atoms with E-state index >= 15 is 0 Å². The van der Waals surface area contributed by atoms with Crippen LogP contribution in [-0.4, -0.2) is 18.5 Å². The number of nitrogen functional groups attached to an aromatic ring is 2. The smallest absolute Gasteiger partial charge is 0.341 e. The number of esters is 1. The van der Waals surface area contributed by atoms with Crippen LogP contribution in [0.5, 0.6) is 0 Å². The van der Waals surface area contributed by atoms with Gasteiger partial charge in [0, 0.05) is 11.4 Å². The third-order valence-corrected chi connectivity index (χ3v) is 3.54. The molecule has 0 fully saturated rings. The minimum absolute atomic E-state index is 0.271. The zero-order valence-corrected chi connectivity index (χ0v) is 12.2. The van der Waals surface area contributed by atoms with Crippen LogP contribution in [0, 0.1) is 0 Å². The van der Waals surface area contributed by atoms with Gasteiger partial charge in [0.15, 0.2) is 0 Å². The molecule has 0 aliphatic rings. The number of nitrogens with one attached hydrogen (secondary N) is 1. The molecule has 0 radical (unpaired) electrons. The number of hydrogen-bond acceptors (Lipinski definition) is 6. The van der Waals surface area contributed by atoms with Crippen LogP contribution in [0.15, 0.2) is 29.6 Å². The first-order valence-electron chi connectivity index (χ1n) is 6.24. The topological polar surface area (TPSA) is 107 Å². The second-order valence-electron chi connectivity index (χ2n) is 4.18. The van der Waals surface area contributed by atoms with Crippen LogP contribution in [0.1, 0.15) is 27.6 Å². The fourth-order valence-electron chi connectivity index (χ4n) is 1.73. The van der Waals surface area contributed by atoms with Crippen molar-refractivity contribution < 1.29 is 14.3 Å². The van der Waals surface area contributed by atoms with Crippen molar-refractivity contribution in [3.63, 3.8) is 0 Å². The number of hydrogen-bond donors (Lipinski definition) is 3. The van der Waals surface area contributed by atoms with Crippen LogP contribution in [0.2, 0.25) is 0 Å². The van der Waals surface area contributed by atoms with E-state index in [-0.39, 0.29) is 12.3 Å². The van der Waals surface area contributed by atoms with Crippen molar-refractivity contribution >= 4 is 39.6 Å². The molecule has 0 atom stereocenters. The van der Waals surface area contributed by atoms with Gasteiger partial charge in [0.25, 0.3) is 5.91 Å². The van der Waals surface area contributed by atoms with Crippen LogP contribution < -0.4 is 16.8 Å². The summed E-state index contributed by atoms with van der Waals surface area (Å²) >= 11 is 1.24. The van der Waals surface area contributed by atoms with Crippen molar-refractivity contribution in [2.45, 2.75) is 6.92 Å². The summed E-state index contributed by atoms with van der Waals surface area (Å²) in [6.07, 6.45) is 0. The van der Waals surface area contributed by atoms with E-state index in [1.807, 2.05) is 0 Å². The molecule has 0 saturated carbocycles. The minimum Gasteiger partial charge on any atom is -0.462 e. The van der Waals surface area contributed by atoms with Crippen molar-refractivity contribution in [1.29, 1.82) is 0 Å². The molecule has 5 N–H and O–H groups in total. The Bertz CT molecular complexity index is 682. The highest BCUT2D eigenvalue weighted by molar-refractivity contribution is 7.14. The van der Waals surface area contributed by atoms with Crippen LogP contribution in [0.25, 0.3) is 0 Å². The molecule has 0 aliphatic heterocycles. The first-order valence-corrected chi connectivity index (χ1v) is 7.12. The van der Waals surface area contributed by atoms with E-state index in [0.29, 0.717) is 21.8 Å². The van der Waals surface area contributed by atoms with E-state index in [2.05, 4.69) is 5.32 Å².